The monoisotopic (exact) mass is 251 g/mol. The SMILES string of the molecule is Cc1nc(N2CCCCCC2C(=O)O)cc(=O)[nH]1. The number of carbonyl (C=O) groups is 1. The Morgan fingerprint density at radius 1 is 1.50 bits per heavy atom. The molecule has 0 amide bonds. The molecule has 6 nitrogen and oxygen atoms in total. The van der Waals surface area contributed by atoms with Crippen LogP contribution in [0.3, 0.4) is 0 Å². The molecule has 1 saturated heterocycles. The van der Waals surface area contributed by atoms with Crippen LogP contribution in [0.25, 0.3) is 0 Å². The summed E-state index contributed by atoms with van der Waals surface area (Å²) in [6, 6.07) is 0.787. The van der Waals surface area contributed by atoms with E-state index in [1.54, 1.807) is 11.8 Å². The van der Waals surface area contributed by atoms with E-state index >= 15 is 0 Å². The van der Waals surface area contributed by atoms with Crippen LogP contribution in [0, 0.1) is 6.92 Å². The van der Waals surface area contributed by atoms with E-state index in [1.165, 1.54) is 6.07 Å². The molecule has 2 N–H and O–H groups in total. The summed E-state index contributed by atoms with van der Waals surface area (Å²) < 4.78 is 0. The highest BCUT2D eigenvalue weighted by molar-refractivity contribution is 5.77. The molecule has 1 aliphatic rings. The van der Waals surface area contributed by atoms with Gasteiger partial charge in [-0.2, -0.15) is 0 Å². The maximum atomic E-state index is 11.4. The summed E-state index contributed by atoms with van der Waals surface area (Å²) >= 11 is 0. The highest BCUT2D eigenvalue weighted by Crippen LogP contribution is 2.21. The average Bonchev–Trinajstić information content (AvgIpc) is 2.52. The Morgan fingerprint density at radius 2 is 2.28 bits per heavy atom. The Balaban J connectivity index is 2.37. The number of aromatic amines is 1. The fraction of sp³-hybridized carbons (Fsp3) is 0.583. The van der Waals surface area contributed by atoms with Gasteiger partial charge in [-0.25, -0.2) is 9.78 Å². The summed E-state index contributed by atoms with van der Waals surface area (Å²) in [7, 11) is 0. The average molecular weight is 251 g/mol. The molecule has 0 radical (unpaired) electrons. The van der Waals surface area contributed by atoms with Crippen LogP contribution < -0.4 is 10.5 Å². The van der Waals surface area contributed by atoms with E-state index in [2.05, 4.69) is 9.97 Å². The number of aryl methyl sites for hydroxylation is 1. The number of rotatable bonds is 2. The Bertz CT molecular complexity index is 498. The predicted molar refractivity (Wildman–Crippen MR) is 66.8 cm³/mol. The number of aromatic nitrogens is 2. The highest BCUT2D eigenvalue weighted by atomic mass is 16.4. The first-order chi connectivity index (χ1) is 8.58. The molecule has 98 valence electrons. The molecule has 1 atom stereocenters. The minimum absolute atomic E-state index is 0.245. The molecule has 0 aliphatic carbocycles. The summed E-state index contributed by atoms with van der Waals surface area (Å²) in [6.07, 6.45) is 3.44. The molecule has 1 aromatic rings. The van der Waals surface area contributed by atoms with Crippen LogP contribution in [-0.4, -0.2) is 33.6 Å². The highest BCUT2D eigenvalue weighted by Gasteiger charge is 2.28. The number of nitrogens with one attached hydrogen (secondary N) is 1. The van der Waals surface area contributed by atoms with Gasteiger partial charge in [-0.1, -0.05) is 12.8 Å². The molecule has 1 aromatic heterocycles. The first-order valence-corrected chi connectivity index (χ1v) is 6.15. The van der Waals surface area contributed by atoms with E-state index in [0.717, 1.165) is 19.3 Å². The Morgan fingerprint density at radius 3 is 2.94 bits per heavy atom. The zero-order chi connectivity index (χ0) is 13.1. The van der Waals surface area contributed by atoms with Gasteiger partial charge in [-0.3, -0.25) is 4.79 Å². The van der Waals surface area contributed by atoms with Crippen LogP contribution in [0.4, 0.5) is 5.82 Å². The van der Waals surface area contributed by atoms with E-state index in [9.17, 15) is 14.7 Å². The summed E-state index contributed by atoms with van der Waals surface area (Å²) in [5.74, 6) is 0.119. The van der Waals surface area contributed by atoms with Gasteiger partial charge in [-0.15, -0.1) is 0 Å². The van der Waals surface area contributed by atoms with Gasteiger partial charge in [0.15, 0.2) is 0 Å². The molecular formula is C12H17N3O3. The van der Waals surface area contributed by atoms with Crippen LogP contribution in [0.5, 0.6) is 0 Å². The molecular weight excluding hydrogens is 234 g/mol. The number of aliphatic carboxylic acids is 1. The van der Waals surface area contributed by atoms with Crippen LogP contribution in [0.2, 0.25) is 0 Å². The van der Waals surface area contributed by atoms with E-state index < -0.39 is 12.0 Å². The largest absolute Gasteiger partial charge is 0.480 e. The number of carboxylic acid groups (broad SMARTS) is 1. The van der Waals surface area contributed by atoms with Crippen molar-refractivity contribution in [3.63, 3.8) is 0 Å². The van der Waals surface area contributed by atoms with Gasteiger partial charge in [0.2, 0.25) is 0 Å². The van der Waals surface area contributed by atoms with Gasteiger partial charge in [-0.05, 0) is 19.8 Å². The molecule has 6 heteroatoms. The van der Waals surface area contributed by atoms with E-state index in [1.807, 2.05) is 0 Å². The van der Waals surface area contributed by atoms with Crippen molar-refractivity contribution in [3.8, 4) is 0 Å². The quantitative estimate of drug-likeness (QED) is 0.816. The van der Waals surface area contributed by atoms with Crippen molar-refractivity contribution < 1.29 is 9.90 Å². The minimum Gasteiger partial charge on any atom is -0.480 e. The minimum atomic E-state index is -0.850. The number of hydrogen-bond acceptors (Lipinski definition) is 4. The van der Waals surface area contributed by atoms with Crippen LogP contribution in [-0.2, 0) is 4.79 Å². The Kier molecular flexibility index (Phi) is 3.64. The first kappa shape index (κ1) is 12.6. The van der Waals surface area contributed by atoms with Gasteiger partial charge < -0.3 is 15.0 Å². The second kappa shape index (κ2) is 5.20. The maximum absolute atomic E-state index is 11.4. The lowest BCUT2D eigenvalue weighted by molar-refractivity contribution is -0.138. The lowest BCUT2D eigenvalue weighted by Gasteiger charge is -2.27. The van der Waals surface area contributed by atoms with Crippen molar-refractivity contribution in [3.05, 3.63) is 22.2 Å². The van der Waals surface area contributed by atoms with E-state index in [-0.39, 0.29) is 5.56 Å². The van der Waals surface area contributed by atoms with Crippen molar-refractivity contribution in [2.45, 2.75) is 38.6 Å². The van der Waals surface area contributed by atoms with Gasteiger partial charge in [0.25, 0.3) is 5.56 Å². The summed E-state index contributed by atoms with van der Waals surface area (Å²) in [5, 5.41) is 9.28. The molecule has 18 heavy (non-hydrogen) atoms. The van der Waals surface area contributed by atoms with Crippen molar-refractivity contribution >= 4 is 11.8 Å². The number of anilines is 1. The van der Waals surface area contributed by atoms with Crippen molar-refractivity contribution in [2.75, 3.05) is 11.4 Å². The second-order valence-corrected chi connectivity index (χ2v) is 4.59. The van der Waals surface area contributed by atoms with Crippen molar-refractivity contribution in [1.29, 1.82) is 0 Å². The van der Waals surface area contributed by atoms with Crippen LogP contribution in [0.1, 0.15) is 31.5 Å². The van der Waals surface area contributed by atoms with Gasteiger partial charge in [0.05, 0.1) is 0 Å². The normalized spacial score (nSPS) is 20.5. The number of hydrogen-bond donors (Lipinski definition) is 2. The zero-order valence-electron chi connectivity index (χ0n) is 10.3. The molecule has 0 aromatic carbocycles. The third-order valence-electron chi connectivity index (χ3n) is 3.18. The van der Waals surface area contributed by atoms with Crippen LogP contribution in [0.15, 0.2) is 10.9 Å². The van der Waals surface area contributed by atoms with Crippen molar-refractivity contribution in [1.82, 2.24) is 9.97 Å². The summed E-state index contributed by atoms with van der Waals surface area (Å²) in [6.45, 7) is 2.32. The molecule has 2 rings (SSSR count). The standard InChI is InChI=1S/C12H17N3O3/c1-8-13-10(7-11(16)14-8)15-6-4-2-3-5-9(15)12(17)18/h7,9H,2-6H2,1H3,(H,17,18)(H,13,14,16). The fourth-order valence-electron chi connectivity index (χ4n) is 2.35. The third-order valence-corrected chi connectivity index (χ3v) is 3.18. The third kappa shape index (κ3) is 2.69. The topological polar surface area (TPSA) is 86.3 Å². The molecule has 0 bridgehead atoms. The van der Waals surface area contributed by atoms with Crippen molar-refractivity contribution in [2.24, 2.45) is 0 Å². The maximum Gasteiger partial charge on any atom is 0.326 e. The number of carboxylic acids is 1. The van der Waals surface area contributed by atoms with E-state index in [0.29, 0.717) is 24.6 Å². The molecule has 1 fully saturated rings. The Hall–Kier alpha value is -1.85. The van der Waals surface area contributed by atoms with Gasteiger partial charge in [0, 0.05) is 12.6 Å². The zero-order valence-corrected chi connectivity index (χ0v) is 10.3. The van der Waals surface area contributed by atoms with Crippen LogP contribution >= 0.6 is 0 Å². The number of H-pyrrole nitrogens is 1. The molecule has 1 aliphatic heterocycles. The van der Waals surface area contributed by atoms with E-state index in [4.69, 9.17) is 0 Å². The lowest BCUT2D eigenvalue weighted by Crippen LogP contribution is -2.42. The summed E-state index contributed by atoms with van der Waals surface area (Å²) in [5.41, 5.74) is -0.245. The second-order valence-electron chi connectivity index (χ2n) is 4.59. The summed E-state index contributed by atoms with van der Waals surface area (Å²) in [4.78, 5) is 31.3. The van der Waals surface area contributed by atoms with Gasteiger partial charge >= 0.3 is 5.97 Å². The molecule has 0 spiro atoms. The molecule has 0 saturated carbocycles. The Labute approximate surface area is 105 Å². The smallest absolute Gasteiger partial charge is 0.326 e. The number of nitrogens with zero attached hydrogens (tertiary/aromatic N) is 2. The molecule has 1 unspecified atom stereocenters. The first-order valence-electron chi connectivity index (χ1n) is 6.15. The van der Waals surface area contributed by atoms with Gasteiger partial charge in [0.1, 0.15) is 17.7 Å². The predicted octanol–water partition coefficient (Wildman–Crippen LogP) is 0.912. The molecule has 2 heterocycles. The fourth-order valence-corrected chi connectivity index (χ4v) is 2.35. The lowest BCUT2D eigenvalue weighted by atomic mass is 10.1.